The standard InChI is InChI=1S/C25H30Cl2N2O2S/c1-17-6-5-7-20(12-17)15-32-16-24(30)29(14-19-10-11-22(26)23(27)13-19)18(2)25(31)28-21-8-3-4-9-21/h5-7,10-13,18,21H,3-4,8-9,14-16H2,1-2H3,(H,28,31)/t18-/m1/s1. The van der Waals surface area contributed by atoms with E-state index in [1.807, 2.05) is 12.1 Å². The summed E-state index contributed by atoms with van der Waals surface area (Å²) in [4.78, 5) is 27.8. The Balaban J connectivity index is 1.68. The molecule has 1 atom stereocenters. The molecule has 0 saturated heterocycles. The van der Waals surface area contributed by atoms with E-state index in [0.717, 1.165) is 37.0 Å². The molecule has 7 heteroatoms. The van der Waals surface area contributed by atoms with Gasteiger partial charge in [-0.1, -0.05) is 71.9 Å². The molecule has 32 heavy (non-hydrogen) atoms. The smallest absolute Gasteiger partial charge is 0.242 e. The van der Waals surface area contributed by atoms with Crippen molar-refractivity contribution in [1.29, 1.82) is 0 Å². The first kappa shape index (κ1) is 24.9. The highest BCUT2D eigenvalue weighted by Gasteiger charge is 2.28. The molecule has 4 nitrogen and oxygen atoms in total. The Labute approximate surface area is 205 Å². The largest absolute Gasteiger partial charge is 0.352 e. The number of amides is 2. The number of hydrogen-bond acceptors (Lipinski definition) is 3. The zero-order valence-electron chi connectivity index (χ0n) is 18.6. The molecule has 1 aliphatic carbocycles. The van der Waals surface area contributed by atoms with Gasteiger partial charge in [0.2, 0.25) is 11.8 Å². The van der Waals surface area contributed by atoms with E-state index in [1.165, 1.54) is 11.1 Å². The molecule has 1 fully saturated rings. The van der Waals surface area contributed by atoms with Crippen LogP contribution in [-0.4, -0.2) is 34.6 Å². The molecule has 1 N–H and O–H groups in total. The predicted molar refractivity (Wildman–Crippen MR) is 134 cm³/mol. The summed E-state index contributed by atoms with van der Waals surface area (Å²) < 4.78 is 0. The Morgan fingerprint density at radius 1 is 1.09 bits per heavy atom. The molecule has 0 unspecified atom stereocenters. The monoisotopic (exact) mass is 492 g/mol. The molecule has 0 heterocycles. The molecule has 0 aliphatic heterocycles. The van der Waals surface area contributed by atoms with Crippen LogP contribution in [0, 0.1) is 6.92 Å². The van der Waals surface area contributed by atoms with Crippen LogP contribution in [0.5, 0.6) is 0 Å². The fraction of sp³-hybridized carbons (Fsp3) is 0.440. The Hall–Kier alpha value is -1.69. The van der Waals surface area contributed by atoms with Crippen LogP contribution in [-0.2, 0) is 21.9 Å². The molecule has 0 radical (unpaired) electrons. The summed E-state index contributed by atoms with van der Waals surface area (Å²) in [6.45, 7) is 4.16. The van der Waals surface area contributed by atoms with Gasteiger partial charge in [-0.2, -0.15) is 0 Å². The van der Waals surface area contributed by atoms with Gasteiger partial charge >= 0.3 is 0 Å². The molecule has 1 aliphatic rings. The number of nitrogens with zero attached hydrogens (tertiary/aromatic N) is 1. The number of benzene rings is 2. The van der Waals surface area contributed by atoms with Crippen molar-refractivity contribution in [3.8, 4) is 0 Å². The lowest BCUT2D eigenvalue weighted by Gasteiger charge is -2.30. The van der Waals surface area contributed by atoms with Gasteiger partial charge in [0.15, 0.2) is 0 Å². The maximum absolute atomic E-state index is 13.2. The van der Waals surface area contributed by atoms with Crippen LogP contribution in [0.15, 0.2) is 42.5 Å². The second-order valence-electron chi connectivity index (χ2n) is 8.42. The molecule has 0 aromatic heterocycles. The van der Waals surface area contributed by atoms with Crippen molar-refractivity contribution in [2.24, 2.45) is 0 Å². The van der Waals surface area contributed by atoms with Crippen molar-refractivity contribution < 1.29 is 9.59 Å². The Bertz CT molecular complexity index is 947. The highest BCUT2D eigenvalue weighted by atomic mass is 35.5. The second kappa shape index (κ2) is 12.0. The van der Waals surface area contributed by atoms with Crippen LogP contribution in [0.4, 0.5) is 0 Å². The maximum Gasteiger partial charge on any atom is 0.242 e. The predicted octanol–water partition coefficient (Wildman–Crippen LogP) is 6.01. The van der Waals surface area contributed by atoms with Gasteiger partial charge in [-0.25, -0.2) is 0 Å². The van der Waals surface area contributed by atoms with Crippen LogP contribution in [0.25, 0.3) is 0 Å². The summed E-state index contributed by atoms with van der Waals surface area (Å²) in [6, 6.07) is 13.2. The van der Waals surface area contributed by atoms with Crippen molar-refractivity contribution >= 4 is 46.8 Å². The molecule has 2 aromatic carbocycles. The third-order valence-corrected chi connectivity index (χ3v) is 7.51. The van der Waals surface area contributed by atoms with Crippen LogP contribution in [0.2, 0.25) is 10.0 Å². The first-order valence-electron chi connectivity index (χ1n) is 11.0. The number of aryl methyl sites for hydroxylation is 1. The van der Waals surface area contributed by atoms with E-state index in [-0.39, 0.29) is 17.9 Å². The first-order chi connectivity index (χ1) is 15.3. The summed E-state index contributed by atoms with van der Waals surface area (Å²) in [5, 5.41) is 4.03. The van der Waals surface area contributed by atoms with E-state index in [1.54, 1.807) is 35.7 Å². The third kappa shape index (κ3) is 7.16. The number of hydrogen-bond donors (Lipinski definition) is 1. The second-order valence-corrected chi connectivity index (χ2v) is 10.2. The first-order valence-corrected chi connectivity index (χ1v) is 12.9. The summed E-state index contributed by atoms with van der Waals surface area (Å²) in [7, 11) is 0. The van der Waals surface area contributed by atoms with Gasteiger partial charge in [0, 0.05) is 18.3 Å². The summed E-state index contributed by atoms with van der Waals surface area (Å²) in [5.74, 6) is 0.879. The normalized spacial score (nSPS) is 14.9. The van der Waals surface area contributed by atoms with Crippen LogP contribution < -0.4 is 5.32 Å². The Morgan fingerprint density at radius 2 is 1.84 bits per heavy atom. The topological polar surface area (TPSA) is 49.4 Å². The molecule has 3 rings (SSSR count). The molecule has 0 bridgehead atoms. The van der Waals surface area contributed by atoms with E-state index < -0.39 is 6.04 Å². The van der Waals surface area contributed by atoms with E-state index in [2.05, 4.69) is 30.4 Å². The highest BCUT2D eigenvalue weighted by Crippen LogP contribution is 2.24. The van der Waals surface area contributed by atoms with Gasteiger partial charge in [0.05, 0.1) is 15.8 Å². The fourth-order valence-electron chi connectivity index (χ4n) is 3.95. The van der Waals surface area contributed by atoms with E-state index >= 15 is 0 Å². The molecule has 172 valence electrons. The number of halogens is 2. The molecule has 2 aromatic rings. The summed E-state index contributed by atoms with van der Waals surface area (Å²) in [5.41, 5.74) is 3.23. The molecular weight excluding hydrogens is 463 g/mol. The van der Waals surface area contributed by atoms with Crippen molar-refractivity contribution in [1.82, 2.24) is 10.2 Å². The summed E-state index contributed by atoms with van der Waals surface area (Å²) >= 11 is 13.8. The van der Waals surface area contributed by atoms with E-state index in [9.17, 15) is 9.59 Å². The molecule has 2 amide bonds. The van der Waals surface area contributed by atoms with E-state index in [4.69, 9.17) is 23.2 Å². The molecule has 0 spiro atoms. The van der Waals surface area contributed by atoms with Crippen molar-refractivity contribution in [2.75, 3.05) is 5.75 Å². The summed E-state index contributed by atoms with van der Waals surface area (Å²) in [6.07, 6.45) is 4.29. The molecule has 1 saturated carbocycles. The van der Waals surface area contributed by atoms with E-state index in [0.29, 0.717) is 22.3 Å². The lowest BCUT2D eigenvalue weighted by molar-refractivity contribution is -0.138. The average Bonchev–Trinajstić information content (AvgIpc) is 3.27. The van der Waals surface area contributed by atoms with Crippen molar-refractivity contribution in [3.05, 3.63) is 69.2 Å². The third-order valence-electron chi connectivity index (χ3n) is 5.78. The SMILES string of the molecule is Cc1cccc(CSCC(=O)N(Cc2ccc(Cl)c(Cl)c2)[C@H](C)C(=O)NC2CCCC2)c1. The number of nitrogens with one attached hydrogen (secondary N) is 1. The highest BCUT2D eigenvalue weighted by molar-refractivity contribution is 7.99. The number of thioether (sulfide) groups is 1. The quantitative estimate of drug-likeness (QED) is 0.466. The number of carbonyl (C=O) groups excluding carboxylic acids is 2. The van der Waals surface area contributed by atoms with Gasteiger partial charge in [0.1, 0.15) is 6.04 Å². The Morgan fingerprint density at radius 3 is 2.53 bits per heavy atom. The lowest BCUT2D eigenvalue weighted by Crippen LogP contribution is -2.50. The van der Waals surface area contributed by atoms with Gasteiger partial charge in [0.25, 0.3) is 0 Å². The van der Waals surface area contributed by atoms with Gasteiger partial charge < -0.3 is 10.2 Å². The zero-order valence-corrected chi connectivity index (χ0v) is 20.9. The van der Waals surface area contributed by atoms with Crippen LogP contribution in [0.3, 0.4) is 0 Å². The maximum atomic E-state index is 13.2. The van der Waals surface area contributed by atoms with Crippen LogP contribution >= 0.6 is 35.0 Å². The minimum absolute atomic E-state index is 0.0669. The number of rotatable bonds is 9. The minimum atomic E-state index is -0.572. The van der Waals surface area contributed by atoms with Gasteiger partial charge in [-0.15, -0.1) is 11.8 Å². The van der Waals surface area contributed by atoms with Gasteiger partial charge in [-0.3, -0.25) is 9.59 Å². The van der Waals surface area contributed by atoms with Crippen molar-refractivity contribution in [3.63, 3.8) is 0 Å². The minimum Gasteiger partial charge on any atom is -0.352 e. The zero-order chi connectivity index (χ0) is 23.1. The van der Waals surface area contributed by atoms with Gasteiger partial charge in [-0.05, 0) is 49.9 Å². The number of carbonyl (C=O) groups is 2. The Kier molecular flexibility index (Phi) is 9.33. The fourth-order valence-corrected chi connectivity index (χ4v) is 5.13. The van der Waals surface area contributed by atoms with Crippen LogP contribution in [0.1, 0.15) is 49.3 Å². The molecular formula is C25H30Cl2N2O2S. The van der Waals surface area contributed by atoms with Crippen molar-refractivity contribution in [2.45, 2.75) is 63.9 Å². The average molecular weight is 494 g/mol. The lowest BCUT2D eigenvalue weighted by atomic mass is 10.1.